The predicted molar refractivity (Wildman–Crippen MR) is 93.1 cm³/mol. The number of hydrogen-bond donors (Lipinski definition) is 1. The van der Waals surface area contributed by atoms with Gasteiger partial charge >= 0.3 is 5.97 Å². The van der Waals surface area contributed by atoms with E-state index in [9.17, 15) is 14.9 Å². The van der Waals surface area contributed by atoms with Crippen LogP contribution in [0.5, 0.6) is 0 Å². The molecule has 6 nitrogen and oxygen atoms in total. The lowest BCUT2D eigenvalue weighted by Gasteiger charge is -2.19. The number of rotatable bonds is 4. The first kappa shape index (κ1) is 17.4. The number of esters is 1. The average Bonchev–Trinajstić information content (AvgIpc) is 3.02. The summed E-state index contributed by atoms with van der Waals surface area (Å²) in [5, 5.41) is 15.5. The number of nitrogens with one attached hydrogen (secondary N) is 1. The van der Waals surface area contributed by atoms with Crippen LogP contribution in [0.25, 0.3) is 0 Å². The highest BCUT2D eigenvalue weighted by Crippen LogP contribution is 2.40. The van der Waals surface area contributed by atoms with Crippen LogP contribution in [0.1, 0.15) is 23.1 Å². The molecule has 3 rings (SSSR count). The molecule has 0 spiro atoms. The summed E-state index contributed by atoms with van der Waals surface area (Å²) in [6, 6.07) is 13.4. The van der Waals surface area contributed by atoms with Crippen molar-refractivity contribution >= 4 is 17.6 Å². The Balaban J connectivity index is 2.09. The highest BCUT2D eigenvalue weighted by atomic mass is 35.5. The van der Waals surface area contributed by atoms with Crippen molar-refractivity contribution in [2.75, 3.05) is 7.11 Å². The summed E-state index contributed by atoms with van der Waals surface area (Å²) in [6.07, 6.45) is 0. The van der Waals surface area contributed by atoms with Gasteiger partial charge in [0.2, 0.25) is 6.04 Å². The predicted octanol–water partition coefficient (Wildman–Crippen LogP) is 2.96. The third kappa shape index (κ3) is 3.36. The van der Waals surface area contributed by atoms with Gasteiger partial charge in [-0.15, -0.1) is 0 Å². The smallest absolute Gasteiger partial charge is 0.323 e. The Labute approximate surface area is 149 Å². The minimum atomic E-state index is -1.02. The molecule has 0 radical (unpaired) electrons. The van der Waals surface area contributed by atoms with E-state index in [0.29, 0.717) is 10.6 Å². The molecule has 0 amide bonds. The van der Waals surface area contributed by atoms with Crippen LogP contribution in [0.2, 0.25) is 5.02 Å². The summed E-state index contributed by atoms with van der Waals surface area (Å²) in [5.41, 5.74) is 1.39. The Hall–Kier alpha value is -2.44. The second-order valence-electron chi connectivity index (χ2n) is 5.91. The van der Waals surface area contributed by atoms with E-state index in [2.05, 4.69) is 5.32 Å². The number of ether oxygens (including phenoxy) is 1. The highest BCUT2D eigenvalue weighted by molar-refractivity contribution is 6.30. The van der Waals surface area contributed by atoms with E-state index in [1.54, 1.807) is 48.5 Å². The van der Waals surface area contributed by atoms with Gasteiger partial charge in [0.15, 0.2) is 0 Å². The Bertz CT molecular complexity index is 784. The van der Waals surface area contributed by atoms with Crippen molar-refractivity contribution in [3.63, 3.8) is 0 Å². The van der Waals surface area contributed by atoms with Crippen molar-refractivity contribution < 1.29 is 14.5 Å². The maximum atomic E-state index is 12.3. The van der Waals surface area contributed by atoms with Crippen LogP contribution in [0.4, 0.5) is 0 Å². The van der Waals surface area contributed by atoms with Crippen molar-refractivity contribution in [2.24, 2.45) is 0 Å². The summed E-state index contributed by atoms with van der Waals surface area (Å²) in [4.78, 5) is 23.8. The molecule has 0 unspecified atom stereocenters. The van der Waals surface area contributed by atoms with Crippen LogP contribution in [-0.4, -0.2) is 30.1 Å². The summed E-state index contributed by atoms with van der Waals surface area (Å²) < 4.78 is 4.87. The Morgan fingerprint density at radius 3 is 2.44 bits per heavy atom. The van der Waals surface area contributed by atoms with Crippen LogP contribution < -0.4 is 5.32 Å². The van der Waals surface area contributed by atoms with Crippen molar-refractivity contribution in [1.82, 2.24) is 5.32 Å². The number of hydrogen-bond acceptors (Lipinski definition) is 5. The fourth-order valence-corrected chi connectivity index (χ4v) is 3.65. The topological polar surface area (TPSA) is 81.5 Å². The molecule has 0 aromatic heterocycles. The zero-order valence-corrected chi connectivity index (χ0v) is 14.2. The minimum Gasteiger partial charge on any atom is -0.468 e. The number of nitrogens with zero attached hydrogens (tertiary/aromatic N) is 1. The molecule has 7 heteroatoms. The Morgan fingerprint density at radius 2 is 1.84 bits per heavy atom. The van der Waals surface area contributed by atoms with Crippen molar-refractivity contribution in [3.05, 3.63) is 80.9 Å². The standard InChI is InChI=1S/C18H17ClN2O4/c1-25-18(22)16-14(11-6-3-2-4-7-11)17(21(23)24)15(20-16)12-8-5-9-13(19)10-12/h2-10,14-17,20H,1H3/t14-,15+,16+,17+/m1/s1. The molecule has 0 saturated carbocycles. The summed E-state index contributed by atoms with van der Waals surface area (Å²) in [7, 11) is 1.28. The number of methoxy groups -OCH3 is 1. The quantitative estimate of drug-likeness (QED) is 0.515. The Kier molecular flexibility index (Phi) is 5.01. The first-order valence-corrected chi connectivity index (χ1v) is 8.18. The molecule has 2 aromatic carbocycles. The second kappa shape index (κ2) is 7.21. The third-order valence-electron chi connectivity index (χ3n) is 4.52. The van der Waals surface area contributed by atoms with Gasteiger partial charge in [0.05, 0.1) is 13.0 Å². The normalized spacial score (nSPS) is 25.5. The molecular formula is C18H17ClN2O4. The summed E-state index contributed by atoms with van der Waals surface area (Å²) >= 11 is 6.04. The number of nitro groups is 1. The highest BCUT2D eigenvalue weighted by Gasteiger charge is 2.54. The van der Waals surface area contributed by atoms with Gasteiger partial charge in [0.1, 0.15) is 12.1 Å². The van der Waals surface area contributed by atoms with Crippen LogP contribution in [-0.2, 0) is 9.53 Å². The zero-order chi connectivity index (χ0) is 18.0. The van der Waals surface area contributed by atoms with Crippen LogP contribution >= 0.6 is 11.6 Å². The van der Waals surface area contributed by atoms with Gasteiger partial charge < -0.3 is 4.74 Å². The fourth-order valence-electron chi connectivity index (χ4n) is 3.45. The van der Waals surface area contributed by atoms with Gasteiger partial charge in [-0.1, -0.05) is 54.1 Å². The lowest BCUT2D eigenvalue weighted by molar-refractivity contribution is -0.527. The van der Waals surface area contributed by atoms with Gasteiger partial charge in [-0.05, 0) is 23.3 Å². The van der Waals surface area contributed by atoms with E-state index >= 15 is 0 Å². The fraction of sp³-hybridized carbons (Fsp3) is 0.278. The van der Waals surface area contributed by atoms with E-state index in [1.807, 2.05) is 6.07 Å². The molecule has 2 aromatic rings. The number of carbonyl (C=O) groups excluding carboxylic acids is 1. The Morgan fingerprint density at radius 1 is 1.16 bits per heavy atom. The first-order valence-electron chi connectivity index (χ1n) is 7.80. The lowest BCUT2D eigenvalue weighted by Crippen LogP contribution is -2.37. The second-order valence-corrected chi connectivity index (χ2v) is 6.35. The van der Waals surface area contributed by atoms with Gasteiger partial charge in [0.25, 0.3) is 0 Å². The van der Waals surface area contributed by atoms with Gasteiger partial charge in [-0.25, -0.2) is 0 Å². The molecule has 1 aliphatic rings. The third-order valence-corrected chi connectivity index (χ3v) is 4.75. The van der Waals surface area contributed by atoms with Crippen molar-refractivity contribution in [1.29, 1.82) is 0 Å². The van der Waals surface area contributed by atoms with Crippen LogP contribution in [0.3, 0.4) is 0 Å². The van der Waals surface area contributed by atoms with Crippen molar-refractivity contribution in [2.45, 2.75) is 24.0 Å². The van der Waals surface area contributed by atoms with E-state index in [1.165, 1.54) is 7.11 Å². The van der Waals surface area contributed by atoms with Gasteiger partial charge in [0, 0.05) is 9.95 Å². The molecule has 0 bridgehead atoms. The lowest BCUT2D eigenvalue weighted by atomic mass is 9.85. The molecule has 1 fully saturated rings. The summed E-state index contributed by atoms with van der Waals surface area (Å²) in [5.74, 6) is -1.17. The largest absolute Gasteiger partial charge is 0.468 e. The van der Waals surface area contributed by atoms with Gasteiger partial charge in [-0.3, -0.25) is 20.2 Å². The number of carbonyl (C=O) groups is 1. The maximum absolute atomic E-state index is 12.3. The van der Waals surface area contributed by atoms with E-state index in [4.69, 9.17) is 16.3 Å². The van der Waals surface area contributed by atoms with E-state index in [-0.39, 0.29) is 4.92 Å². The molecular weight excluding hydrogens is 344 g/mol. The van der Waals surface area contributed by atoms with E-state index in [0.717, 1.165) is 5.56 Å². The first-order chi connectivity index (χ1) is 12.0. The number of benzene rings is 2. The van der Waals surface area contributed by atoms with Crippen LogP contribution in [0, 0.1) is 10.1 Å². The molecule has 1 heterocycles. The average molecular weight is 361 g/mol. The minimum absolute atomic E-state index is 0.334. The summed E-state index contributed by atoms with van der Waals surface area (Å²) in [6.45, 7) is 0. The molecule has 4 atom stereocenters. The maximum Gasteiger partial charge on any atom is 0.323 e. The monoisotopic (exact) mass is 360 g/mol. The molecule has 130 valence electrons. The van der Waals surface area contributed by atoms with E-state index < -0.39 is 30.0 Å². The van der Waals surface area contributed by atoms with Gasteiger partial charge in [-0.2, -0.15) is 0 Å². The number of halogens is 1. The SMILES string of the molecule is COC(=O)[C@H]1N[C@@H](c2cccc(Cl)c2)[C@@H]([N+](=O)[O-])[C@@H]1c1ccccc1. The zero-order valence-electron chi connectivity index (χ0n) is 13.5. The molecule has 1 N–H and O–H groups in total. The molecule has 25 heavy (non-hydrogen) atoms. The molecule has 1 saturated heterocycles. The molecule has 0 aliphatic carbocycles. The van der Waals surface area contributed by atoms with Crippen molar-refractivity contribution in [3.8, 4) is 0 Å². The van der Waals surface area contributed by atoms with Crippen LogP contribution in [0.15, 0.2) is 54.6 Å². The molecule has 1 aliphatic heterocycles.